The van der Waals surface area contributed by atoms with Gasteiger partial charge < -0.3 is 5.32 Å². The molecule has 7 heteroatoms. The molecule has 0 aliphatic rings. The van der Waals surface area contributed by atoms with E-state index < -0.39 is 0 Å². The fourth-order valence-corrected chi connectivity index (χ4v) is 2.06. The quantitative estimate of drug-likeness (QED) is 0.684. The van der Waals surface area contributed by atoms with Gasteiger partial charge in [0.05, 0.1) is 5.69 Å². The molecule has 3 rings (SSSR count). The molecule has 0 aliphatic carbocycles. The fourth-order valence-electron chi connectivity index (χ4n) is 2.06. The molecule has 0 spiro atoms. The van der Waals surface area contributed by atoms with E-state index in [1.54, 1.807) is 11.0 Å². The number of nitrogens with one attached hydrogen (secondary N) is 1. The minimum absolute atomic E-state index is 0.759. The Labute approximate surface area is 116 Å². The lowest BCUT2D eigenvalue weighted by Crippen LogP contribution is -2.17. The molecule has 104 valence electrons. The Hall–Kier alpha value is -2.28. The van der Waals surface area contributed by atoms with Gasteiger partial charge in [0, 0.05) is 50.6 Å². The number of rotatable bonds is 5. The van der Waals surface area contributed by atoms with Crippen LogP contribution in [0.4, 0.5) is 0 Å². The van der Waals surface area contributed by atoms with E-state index in [0.717, 1.165) is 42.2 Å². The fraction of sp³-hybridized carbons (Fsp3) is 0.385. The molecule has 0 atom stereocenters. The van der Waals surface area contributed by atoms with E-state index in [1.165, 1.54) is 0 Å². The van der Waals surface area contributed by atoms with Gasteiger partial charge in [-0.2, -0.15) is 10.2 Å². The smallest absolute Gasteiger partial charge is 0.155 e. The highest BCUT2D eigenvalue weighted by Crippen LogP contribution is 2.04. The third-order valence-electron chi connectivity index (χ3n) is 2.99. The lowest BCUT2D eigenvalue weighted by atomic mass is 10.3. The molecule has 0 saturated heterocycles. The summed E-state index contributed by atoms with van der Waals surface area (Å²) in [5.74, 6) is 0.858. The first-order chi connectivity index (χ1) is 9.70. The van der Waals surface area contributed by atoms with Crippen LogP contribution >= 0.6 is 0 Å². The van der Waals surface area contributed by atoms with Crippen molar-refractivity contribution in [3.63, 3.8) is 0 Å². The van der Waals surface area contributed by atoms with Crippen LogP contribution in [0.15, 0.2) is 24.8 Å². The first-order valence-electron chi connectivity index (χ1n) is 6.57. The van der Waals surface area contributed by atoms with Crippen molar-refractivity contribution in [1.29, 1.82) is 0 Å². The highest BCUT2D eigenvalue weighted by molar-refractivity contribution is 5.38. The van der Waals surface area contributed by atoms with Crippen molar-refractivity contribution >= 4 is 5.65 Å². The number of aromatic nitrogens is 6. The van der Waals surface area contributed by atoms with Gasteiger partial charge in [-0.1, -0.05) is 0 Å². The van der Waals surface area contributed by atoms with Crippen LogP contribution in [0.5, 0.6) is 0 Å². The zero-order chi connectivity index (χ0) is 13.9. The van der Waals surface area contributed by atoms with Gasteiger partial charge in [-0.3, -0.25) is 4.68 Å². The minimum Gasteiger partial charge on any atom is -0.312 e. The number of fused-ring (bicyclic) bond motifs is 1. The molecule has 3 aromatic rings. The summed E-state index contributed by atoms with van der Waals surface area (Å²) in [6.07, 6.45) is 6.41. The second-order valence-corrected chi connectivity index (χ2v) is 4.81. The molecule has 0 radical (unpaired) electrons. The molecule has 7 nitrogen and oxygen atoms in total. The van der Waals surface area contributed by atoms with E-state index in [4.69, 9.17) is 0 Å². The van der Waals surface area contributed by atoms with Gasteiger partial charge >= 0.3 is 0 Å². The topological polar surface area (TPSA) is 72.9 Å². The number of nitrogens with zero attached hydrogens (tertiary/aromatic N) is 6. The Balaban J connectivity index is 1.54. The monoisotopic (exact) mass is 271 g/mol. The van der Waals surface area contributed by atoms with Crippen LogP contribution in [0.3, 0.4) is 0 Å². The predicted molar refractivity (Wildman–Crippen MR) is 74.1 cm³/mol. The molecule has 0 saturated carbocycles. The normalized spacial score (nSPS) is 11.3. The van der Waals surface area contributed by atoms with Gasteiger partial charge in [0.1, 0.15) is 6.33 Å². The summed E-state index contributed by atoms with van der Waals surface area (Å²) >= 11 is 0. The van der Waals surface area contributed by atoms with Gasteiger partial charge in [-0.25, -0.2) is 14.5 Å². The number of hydrogen-bond donors (Lipinski definition) is 1. The van der Waals surface area contributed by atoms with Crippen LogP contribution in [-0.4, -0.2) is 35.9 Å². The molecule has 20 heavy (non-hydrogen) atoms. The standard InChI is InChI=1S/C13H17N7/c1-10-5-13-15-7-11(8-20(13)17-10)6-14-4-3-12-16-9-19(2)18-12/h5,7-9,14H,3-4,6H2,1-2H3. The maximum absolute atomic E-state index is 4.37. The van der Waals surface area contributed by atoms with Crippen LogP contribution in [0.25, 0.3) is 5.65 Å². The van der Waals surface area contributed by atoms with Crippen molar-refractivity contribution in [3.8, 4) is 0 Å². The third kappa shape index (κ3) is 2.83. The van der Waals surface area contributed by atoms with Crippen molar-refractivity contribution in [1.82, 2.24) is 34.7 Å². The maximum Gasteiger partial charge on any atom is 0.155 e. The summed E-state index contributed by atoms with van der Waals surface area (Å²) in [7, 11) is 1.87. The van der Waals surface area contributed by atoms with Crippen LogP contribution in [-0.2, 0) is 20.0 Å². The first-order valence-corrected chi connectivity index (χ1v) is 6.57. The third-order valence-corrected chi connectivity index (χ3v) is 2.99. The summed E-state index contributed by atoms with van der Waals surface area (Å²) in [6, 6.07) is 1.96. The summed E-state index contributed by atoms with van der Waals surface area (Å²) < 4.78 is 3.53. The molecule has 1 N–H and O–H groups in total. The van der Waals surface area contributed by atoms with Crippen molar-refractivity contribution in [3.05, 3.63) is 41.9 Å². The Bertz CT molecular complexity index is 712. The first kappa shape index (κ1) is 12.7. The molecular formula is C13H17N7. The second kappa shape index (κ2) is 5.38. The molecule has 0 fully saturated rings. The Morgan fingerprint density at radius 2 is 2.15 bits per heavy atom. The van der Waals surface area contributed by atoms with Gasteiger partial charge in [0.15, 0.2) is 11.5 Å². The van der Waals surface area contributed by atoms with Crippen LogP contribution in [0.2, 0.25) is 0 Å². The summed E-state index contributed by atoms with van der Waals surface area (Å²) in [6.45, 7) is 3.56. The SMILES string of the molecule is Cc1cc2ncc(CNCCc3ncn(C)n3)cn2n1. The largest absolute Gasteiger partial charge is 0.312 e. The summed E-state index contributed by atoms with van der Waals surface area (Å²) in [5.41, 5.74) is 2.96. The number of aryl methyl sites for hydroxylation is 2. The molecule has 3 aromatic heterocycles. The summed E-state index contributed by atoms with van der Waals surface area (Å²) in [4.78, 5) is 8.56. The Morgan fingerprint density at radius 1 is 1.25 bits per heavy atom. The van der Waals surface area contributed by atoms with E-state index >= 15 is 0 Å². The van der Waals surface area contributed by atoms with E-state index in [9.17, 15) is 0 Å². The lowest BCUT2D eigenvalue weighted by molar-refractivity contribution is 0.657. The molecule has 0 bridgehead atoms. The van der Waals surface area contributed by atoms with E-state index in [-0.39, 0.29) is 0 Å². The molecule has 0 amide bonds. The van der Waals surface area contributed by atoms with Gasteiger partial charge in [-0.15, -0.1) is 0 Å². The minimum atomic E-state index is 0.759. The zero-order valence-corrected chi connectivity index (χ0v) is 11.6. The van der Waals surface area contributed by atoms with Crippen molar-refractivity contribution < 1.29 is 0 Å². The highest BCUT2D eigenvalue weighted by Gasteiger charge is 2.01. The molecule has 3 heterocycles. The van der Waals surface area contributed by atoms with E-state index in [0.29, 0.717) is 0 Å². The lowest BCUT2D eigenvalue weighted by Gasteiger charge is -2.03. The van der Waals surface area contributed by atoms with Crippen molar-refractivity contribution in [2.75, 3.05) is 6.54 Å². The van der Waals surface area contributed by atoms with Gasteiger partial charge in [-0.05, 0) is 6.92 Å². The molecular weight excluding hydrogens is 254 g/mol. The summed E-state index contributed by atoms with van der Waals surface area (Å²) in [5, 5.41) is 12.0. The average molecular weight is 271 g/mol. The Kier molecular flexibility index (Phi) is 3.42. The molecule has 0 aliphatic heterocycles. The highest BCUT2D eigenvalue weighted by atomic mass is 15.3. The van der Waals surface area contributed by atoms with Crippen LogP contribution in [0.1, 0.15) is 17.1 Å². The Morgan fingerprint density at radius 3 is 2.95 bits per heavy atom. The van der Waals surface area contributed by atoms with E-state index in [1.807, 2.05) is 36.9 Å². The van der Waals surface area contributed by atoms with Crippen molar-refractivity contribution in [2.45, 2.75) is 19.9 Å². The van der Waals surface area contributed by atoms with Gasteiger partial charge in [0.25, 0.3) is 0 Å². The van der Waals surface area contributed by atoms with Crippen LogP contribution in [0, 0.1) is 6.92 Å². The molecule has 0 unspecified atom stereocenters. The van der Waals surface area contributed by atoms with Crippen LogP contribution < -0.4 is 5.32 Å². The predicted octanol–water partition coefficient (Wildman–Crippen LogP) is 0.499. The average Bonchev–Trinajstić information content (AvgIpc) is 2.99. The van der Waals surface area contributed by atoms with E-state index in [2.05, 4.69) is 25.5 Å². The number of hydrogen-bond acceptors (Lipinski definition) is 5. The zero-order valence-electron chi connectivity index (χ0n) is 11.6. The van der Waals surface area contributed by atoms with Gasteiger partial charge in [0.2, 0.25) is 0 Å². The maximum atomic E-state index is 4.37. The van der Waals surface area contributed by atoms with Crippen molar-refractivity contribution in [2.24, 2.45) is 7.05 Å². The molecule has 0 aromatic carbocycles. The second-order valence-electron chi connectivity index (χ2n) is 4.81.